The summed E-state index contributed by atoms with van der Waals surface area (Å²) in [6.45, 7) is 8.31. The molecule has 0 saturated carbocycles. The molecule has 32 heavy (non-hydrogen) atoms. The SMILES string of the molecule is CCO.COC(=O)Oc1cccc(C(C)(C)c2cccc(C)c2)c1.C[N+](=O)[O-].C[N+](=O)[O-]. The Labute approximate surface area is 188 Å². The highest BCUT2D eigenvalue weighted by molar-refractivity contribution is 5.63. The average Bonchev–Trinajstić information content (AvgIpc) is 2.68. The van der Waals surface area contributed by atoms with Crippen LogP contribution >= 0.6 is 0 Å². The van der Waals surface area contributed by atoms with Gasteiger partial charge in [0.1, 0.15) is 5.75 Å². The van der Waals surface area contributed by atoms with Gasteiger partial charge in [-0.2, -0.15) is 0 Å². The zero-order valence-electron chi connectivity index (χ0n) is 19.5. The highest BCUT2D eigenvalue weighted by atomic mass is 16.7. The van der Waals surface area contributed by atoms with Crippen molar-refractivity contribution in [1.82, 2.24) is 0 Å². The first kappa shape index (κ1) is 30.7. The molecule has 0 unspecified atom stereocenters. The van der Waals surface area contributed by atoms with Crippen LogP contribution in [0.25, 0.3) is 0 Å². The number of hydrogen-bond acceptors (Lipinski definition) is 8. The summed E-state index contributed by atoms with van der Waals surface area (Å²) >= 11 is 0. The highest BCUT2D eigenvalue weighted by Gasteiger charge is 2.23. The van der Waals surface area contributed by atoms with Crippen molar-refractivity contribution >= 4 is 6.16 Å². The number of carbonyl (C=O) groups is 1. The van der Waals surface area contributed by atoms with Crippen LogP contribution in [0.2, 0.25) is 0 Å². The van der Waals surface area contributed by atoms with Crippen LogP contribution < -0.4 is 4.74 Å². The Hall–Kier alpha value is -3.53. The lowest BCUT2D eigenvalue weighted by atomic mass is 9.78. The fourth-order valence-electron chi connectivity index (χ4n) is 2.29. The number of methoxy groups -OCH3 is 1. The molecule has 0 spiro atoms. The molecule has 10 heteroatoms. The first-order chi connectivity index (χ1) is 14.8. The summed E-state index contributed by atoms with van der Waals surface area (Å²) in [7, 11) is 3.07. The third-order valence-electron chi connectivity index (χ3n) is 3.66. The number of rotatable bonds is 3. The Balaban J connectivity index is 0. The van der Waals surface area contributed by atoms with E-state index in [1.807, 2.05) is 18.2 Å². The van der Waals surface area contributed by atoms with Gasteiger partial charge in [0.05, 0.1) is 7.11 Å². The number of benzene rings is 2. The van der Waals surface area contributed by atoms with Crippen LogP contribution in [-0.4, -0.2) is 48.9 Å². The van der Waals surface area contributed by atoms with Crippen molar-refractivity contribution in [1.29, 1.82) is 0 Å². The Morgan fingerprint density at radius 1 is 1.00 bits per heavy atom. The molecule has 0 aliphatic rings. The number of nitro groups is 2. The van der Waals surface area contributed by atoms with Crippen LogP contribution in [0, 0.1) is 27.2 Å². The summed E-state index contributed by atoms with van der Waals surface area (Å²) < 4.78 is 9.62. The van der Waals surface area contributed by atoms with Gasteiger partial charge < -0.3 is 14.6 Å². The Bertz CT molecular complexity index is 833. The molecule has 0 radical (unpaired) electrons. The quantitative estimate of drug-likeness (QED) is 0.315. The average molecular weight is 453 g/mol. The molecule has 2 aromatic carbocycles. The highest BCUT2D eigenvalue weighted by Crippen LogP contribution is 2.33. The molecule has 0 atom stereocenters. The molecule has 0 heterocycles. The molecule has 10 nitrogen and oxygen atoms in total. The molecule has 2 aromatic rings. The van der Waals surface area contributed by atoms with Crippen LogP contribution in [0.15, 0.2) is 48.5 Å². The summed E-state index contributed by atoms with van der Waals surface area (Å²) in [5, 5.41) is 25.2. The number of aryl methyl sites for hydroxylation is 1. The minimum atomic E-state index is -0.708. The lowest BCUT2D eigenvalue weighted by Gasteiger charge is -2.26. The maximum absolute atomic E-state index is 11.2. The zero-order valence-corrected chi connectivity index (χ0v) is 19.5. The molecule has 2 rings (SSSR count). The molecule has 1 N–H and O–H groups in total. The van der Waals surface area contributed by atoms with E-state index < -0.39 is 16.0 Å². The van der Waals surface area contributed by atoms with Gasteiger partial charge >= 0.3 is 6.16 Å². The van der Waals surface area contributed by atoms with E-state index in [0.717, 1.165) is 19.7 Å². The fourth-order valence-corrected chi connectivity index (χ4v) is 2.29. The van der Waals surface area contributed by atoms with E-state index in [2.05, 4.69) is 49.8 Å². The van der Waals surface area contributed by atoms with Crippen LogP contribution in [0.3, 0.4) is 0 Å². The van der Waals surface area contributed by atoms with Crippen molar-refractivity contribution in [3.63, 3.8) is 0 Å². The summed E-state index contributed by atoms with van der Waals surface area (Å²) in [4.78, 5) is 27.8. The first-order valence-corrected chi connectivity index (χ1v) is 9.52. The number of aliphatic hydroxyl groups is 1. The van der Waals surface area contributed by atoms with Gasteiger partial charge in [0, 0.05) is 21.9 Å². The second-order valence-corrected chi connectivity index (χ2v) is 6.77. The van der Waals surface area contributed by atoms with Gasteiger partial charge in [-0.25, -0.2) is 4.79 Å². The van der Waals surface area contributed by atoms with E-state index in [-0.39, 0.29) is 12.0 Å². The monoisotopic (exact) mass is 452 g/mol. The maximum atomic E-state index is 11.2. The van der Waals surface area contributed by atoms with Crippen molar-refractivity contribution in [2.24, 2.45) is 0 Å². The number of nitrogens with zero attached hydrogens (tertiary/aromatic N) is 2. The van der Waals surface area contributed by atoms with Gasteiger partial charge in [-0.05, 0) is 37.1 Å². The van der Waals surface area contributed by atoms with Crippen LogP contribution in [0.5, 0.6) is 5.75 Å². The minimum absolute atomic E-state index is 0.179. The lowest BCUT2D eigenvalue weighted by molar-refractivity contribution is -0.445. The predicted molar refractivity (Wildman–Crippen MR) is 121 cm³/mol. The molecule has 0 aliphatic heterocycles. The molecule has 0 saturated heterocycles. The number of hydrogen-bond donors (Lipinski definition) is 1. The van der Waals surface area contributed by atoms with E-state index >= 15 is 0 Å². The normalized spacial score (nSPS) is 9.38. The Morgan fingerprint density at radius 3 is 1.81 bits per heavy atom. The van der Waals surface area contributed by atoms with Crippen molar-refractivity contribution in [2.45, 2.75) is 33.1 Å². The van der Waals surface area contributed by atoms with Gasteiger partial charge in [0.25, 0.3) is 0 Å². The molecular formula is C22H32N2O8. The van der Waals surface area contributed by atoms with Crippen LogP contribution in [-0.2, 0) is 10.2 Å². The Kier molecular flexibility index (Phi) is 15.5. The summed E-state index contributed by atoms with van der Waals surface area (Å²) in [5.74, 6) is 0.486. The van der Waals surface area contributed by atoms with Crippen molar-refractivity contribution in [3.8, 4) is 5.75 Å². The van der Waals surface area contributed by atoms with Gasteiger partial charge in [-0.15, -0.1) is 0 Å². The largest absolute Gasteiger partial charge is 0.513 e. The molecule has 0 bridgehead atoms. The second kappa shape index (κ2) is 16.2. The topological polar surface area (TPSA) is 142 Å². The molecule has 178 valence electrons. The van der Waals surface area contributed by atoms with Gasteiger partial charge in [-0.1, -0.05) is 55.8 Å². The van der Waals surface area contributed by atoms with E-state index in [9.17, 15) is 4.79 Å². The van der Waals surface area contributed by atoms with Crippen LogP contribution in [0.1, 0.15) is 37.5 Å². The van der Waals surface area contributed by atoms with Crippen molar-refractivity contribution in [3.05, 3.63) is 85.4 Å². The Morgan fingerprint density at radius 2 is 1.41 bits per heavy atom. The summed E-state index contributed by atoms with van der Waals surface area (Å²) in [5.41, 5.74) is 3.34. The van der Waals surface area contributed by atoms with E-state index in [1.54, 1.807) is 13.0 Å². The molecular weight excluding hydrogens is 420 g/mol. The maximum Gasteiger partial charge on any atom is 0.513 e. The standard InChI is InChI=1S/C18H20O3.C2H6O.2CH3NO2/c1-13-7-5-8-14(11-13)18(2,3)15-9-6-10-16(12-15)21-17(19)20-4;1-2-3;2*1-2(3)4/h5-12H,1-4H3;3H,2H2,1H3;2*1H3. The second-order valence-electron chi connectivity index (χ2n) is 6.77. The fraction of sp³-hybridized carbons (Fsp3) is 0.409. The third-order valence-corrected chi connectivity index (χ3v) is 3.66. The molecule has 0 aromatic heterocycles. The molecule has 0 amide bonds. The first-order valence-electron chi connectivity index (χ1n) is 9.52. The minimum Gasteiger partial charge on any atom is -0.437 e. The van der Waals surface area contributed by atoms with Gasteiger partial charge in [0.2, 0.25) is 0 Å². The summed E-state index contributed by atoms with van der Waals surface area (Å²) in [6, 6.07) is 16.0. The number of ether oxygens (including phenoxy) is 2. The third kappa shape index (κ3) is 14.5. The lowest BCUT2D eigenvalue weighted by Crippen LogP contribution is -2.19. The van der Waals surface area contributed by atoms with Gasteiger partial charge in [0.15, 0.2) is 14.1 Å². The van der Waals surface area contributed by atoms with Crippen LogP contribution in [0.4, 0.5) is 4.79 Å². The van der Waals surface area contributed by atoms with Crippen molar-refractivity contribution in [2.75, 3.05) is 27.8 Å². The molecule has 0 aliphatic carbocycles. The summed E-state index contributed by atoms with van der Waals surface area (Å²) in [6.07, 6.45) is -0.708. The van der Waals surface area contributed by atoms with E-state index in [0.29, 0.717) is 5.75 Å². The number of aliphatic hydroxyl groups excluding tert-OH is 1. The van der Waals surface area contributed by atoms with E-state index in [1.165, 1.54) is 18.2 Å². The molecule has 0 fully saturated rings. The van der Waals surface area contributed by atoms with E-state index in [4.69, 9.17) is 30.1 Å². The predicted octanol–water partition coefficient (Wildman–Crippen LogP) is 4.25. The smallest absolute Gasteiger partial charge is 0.437 e. The zero-order chi connectivity index (χ0) is 25.3. The van der Waals surface area contributed by atoms with Crippen molar-refractivity contribution < 1.29 is 29.2 Å². The van der Waals surface area contributed by atoms with Gasteiger partial charge in [-0.3, -0.25) is 20.2 Å². The number of carbonyl (C=O) groups excluding carboxylic acids is 1.